The van der Waals surface area contributed by atoms with E-state index in [0.717, 1.165) is 11.3 Å². The molecule has 0 unspecified atom stereocenters. The second kappa shape index (κ2) is 4.46. The molecule has 3 heteroatoms. The number of benzene rings is 1. The van der Waals surface area contributed by atoms with Gasteiger partial charge in [0.15, 0.2) is 0 Å². The van der Waals surface area contributed by atoms with Crippen LogP contribution >= 0.6 is 0 Å². The summed E-state index contributed by atoms with van der Waals surface area (Å²) in [4.78, 5) is 0. The van der Waals surface area contributed by atoms with Crippen molar-refractivity contribution < 1.29 is 4.39 Å². The van der Waals surface area contributed by atoms with E-state index in [2.05, 4.69) is 10.2 Å². The predicted octanol–water partition coefficient (Wildman–Crippen LogP) is 2.79. The first kappa shape index (κ1) is 9.52. The first-order chi connectivity index (χ1) is 7.34. The van der Waals surface area contributed by atoms with Crippen LogP contribution in [0.4, 0.5) is 4.39 Å². The van der Waals surface area contributed by atoms with Crippen LogP contribution in [-0.2, 0) is 0 Å². The van der Waals surface area contributed by atoms with Crippen molar-refractivity contribution in [2.45, 2.75) is 0 Å². The van der Waals surface area contributed by atoms with E-state index in [1.165, 1.54) is 12.1 Å². The molecular weight excluding hydrogens is 191 g/mol. The largest absolute Gasteiger partial charge is 0.207 e. The summed E-state index contributed by atoms with van der Waals surface area (Å²) in [5.41, 5.74) is 1.71. The van der Waals surface area contributed by atoms with Gasteiger partial charge in [-0.25, -0.2) is 4.39 Å². The van der Waals surface area contributed by atoms with Crippen LogP contribution in [0.2, 0.25) is 0 Å². The standard InChI is InChI=1S/C12H9FN2/c13-11-6-3-10(4-7-11)5-8-12-2-1-9-14-15-12/h1-9H/b8-5+. The van der Waals surface area contributed by atoms with Crippen molar-refractivity contribution in [2.24, 2.45) is 0 Å². The summed E-state index contributed by atoms with van der Waals surface area (Å²) in [6.07, 6.45) is 5.32. The van der Waals surface area contributed by atoms with Crippen LogP contribution in [0.15, 0.2) is 42.6 Å². The maximum absolute atomic E-state index is 12.6. The van der Waals surface area contributed by atoms with Gasteiger partial charge in [0, 0.05) is 6.20 Å². The van der Waals surface area contributed by atoms with Crippen LogP contribution in [0, 0.1) is 5.82 Å². The molecule has 2 nitrogen and oxygen atoms in total. The van der Waals surface area contributed by atoms with E-state index in [9.17, 15) is 4.39 Å². The summed E-state index contributed by atoms with van der Waals surface area (Å²) in [6.45, 7) is 0. The van der Waals surface area contributed by atoms with Crippen molar-refractivity contribution in [2.75, 3.05) is 0 Å². The molecule has 0 aliphatic rings. The fourth-order valence-corrected chi connectivity index (χ4v) is 1.16. The molecule has 0 radical (unpaired) electrons. The maximum Gasteiger partial charge on any atom is 0.123 e. The van der Waals surface area contributed by atoms with Gasteiger partial charge in [-0.3, -0.25) is 0 Å². The molecule has 2 rings (SSSR count). The highest BCUT2D eigenvalue weighted by Crippen LogP contribution is 2.06. The Labute approximate surface area is 87.1 Å². The summed E-state index contributed by atoms with van der Waals surface area (Å²) < 4.78 is 12.6. The molecule has 74 valence electrons. The Balaban J connectivity index is 2.15. The monoisotopic (exact) mass is 200 g/mol. The highest BCUT2D eigenvalue weighted by atomic mass is 19.1. The van der Waals surface area contributed by atoms with Crippen molar-refractivity contribution in [3.63, 3.8) is 0 Å². The zero-order chi connectivity index (χ0) is 10.5. The van der Waals surface area contributed by atoms with Crippen LogP contribution in [0.5, 0.6) is 0 Å². The molecule has 2 aromatic rings. The number of nitrogens with zero attached hydrogens (tertiary/aromatic N) is 2. The van der Waals surface area contributed by atoms with Crippen LogP contribution in [0.3, 0.4) is 0 Å². The molecule has 1 heterocycles. The summed E-state index contributed by atoms with van der Waals surface area (Å²) in [6, 6.07) is 9.95. The smallest absolute Gasteiger partial charge is 0.123 e. The van der Waals surface area contributed by atoms with E-state index in [1.807, 2.05) is 24.3 Å². The Morgan fingerprint density at radius 1 is 1.00 bits per heavy atom. The third-order valence-corrected chi connectivity index (χ3v) is 1.91. The summed E-state index contributed by atoms with van der Waals surface area (Å²) >= 11 is 0. The van der Waals surface area contributed by atoms with E-state index in [1.54, 1.807) is 18.3 Å². The lowest BCUT2D eigenvalue weighted by Crippen LogP contribution is -1.82. The first-order valence-corrected chi connectivity index (χ1v) is 4.56. The SMILES string of the molecule is Fc1ccc(/C=C/c2cccnn2)cc1. The van der Waals surface area contributed by atoms with E-state index in [4.69, 9.17) is 0 Å². The number of hydrogen-bond donors (Lipinski definition) is 0. The number of rotatable bonds is 2. The Morgan fingerprint density at radius 2 is 1.80 bits per heavy atom. The van der Waals surface area contributed by atoms with Crippen molar-refractivity contribution in [1.29, 1.82) is 0 Å². The lowest BCUT2D eigenvalue weighted by molar-refractivity contribution is 0.628. The van der Waals surface area contributed by atoms with Crippen LogP contribution < -0.4 is 0 Å². The highest BCUT2D eigenvalue weighted by Gasteiger charge is 1.89. The molecule has 1 aromatic heterocycles. The van der Waals surface area contributed by atoms with Crippen LogP contribution in [-0.4, -0.2) is 10.2 Å². The molecule has 0 atom stereocenters. The normalized spacial score (nSPS) is 10.7. The maximum atomic E-state index is 12.6. The van der Waals surface area contributed by atoms with Crippen LogP contribution in [0.1, 0.15) is 11.3 Å². The Bertz CT molecular complexity index is 449. The van der Waals surface area contributed by atoms with Gasteiger partial charge in [-0.15, -0.1) is 0 Å². The first-order valence-electron chi connectivity index (χ1n) is 4.56. The number of hydrogen-bond acceptors (Lipinski definition) is 2. The topological polar surface area (TPSA) is 25.8 Å². The molecular formula is C12H9FN2. The molecule has 0 spiro atoms. The van der Waals surface area contributed by atoms with Gasteiger partial charge in [0.05, 0.1) is 5.69 Å². The molecule has 0 fully saturated rings. The van der Waals surface area contributed by atoms with E-state index < -0.39 is 0 Å². The second-order valence-electron chi connectivity index (χ2n) is 3.03. The van der Waals surface area contributed by atoms with Gasteiger partial charge in [0.1, 0.15) is 5.82 Å². The van der Waals surface area contributed by atoms with Gasteiger partial charge in [-0.05, 0) is 35.9 Å². The van der Waals surface area contributed by atoms with Gasteiger partial charge in [0.25, 0.3) is 0 Å². The predicted molar refractivity (Wildman–Crippen MR) is 57.4 cm³/mol. The van der Waals surface area contributed by atoms with E-state index in [-0.39, 0.29) is 5.82 Å². The van der Waals surface area contributed by atoms with Gasteiger partial charge >= 0.3 is 0 Å². The number of halogens is 1. The summed E-state index contributed by atoms with van der Waals surface area (Å²) in [7, 11) is 0. The van der Waals surface area contributed by atoms with Gasteiger partial charge in [-0.1, -0.05) is 18.2 Å². The Kier molecular flexibility index (Phi) is 2.83. The molecule has 0 bridgehead atoms. The molecule has 1 aromatic carbocycles. The molecule has 0 N–H and O–H groups in total. The molecule has 0 aliphatic heterocycles. The fourth-order valence-electron chi connectivity index (χ4n) is 1.16. The lowest BCUT2D eigenvalue weighted by Gasteiger charge is -1.92. The molecule has 0 saturated heterocycles. The zero-order valence-electron chi connectivity index (χ0n) is 7.97. The quantitative estimate of drug-likeness (QED) is 0.744. The average molecular weight is 200 g/mol. The Morgan fingerprint density at radius 3 is 2.47 bits per heavy atom. The molecule has 0 aliphatic carbocycles. The van der Waals surface area contributed by atoms with Crippen molar-refractivity contribution >= 4 is 12.2 Å². The van der Waals surface area contributed by atoms with Crippen molar-refractivity contribution in [1.82, 2.24) is 10.2 Å². The average Bonchev–Trinajstić information content (AvgIpc) is 2.30. The van der Waals surface area contributed by atoms with Gasteiger partial charge in [0.2, 0.25) is 0 Å². The van der Waals surface area contributed by atoms with Crippen molar-refractivity contribution in [3.8, 4) is 0 Å². The van der Waals surface area contributed by atoms with E-state index >= 15 is 0 Å². The Hall–Kier alpha value is -2.03. The van der Waals surface area contributed by atoms with Gasteiger partial charge < -0.3 is 0 Å². The highest BCUT2D eigenvalue weighted by molar-refractivity contribution is 5.67. The molecule has 0 saturated carbocycles. The minimum absolute atomic E-state index is 0.230. The lowest BCUT2D eigenvalue weighted by atomic mass is 10.2. The molecule has 0 amide bonds. The van der Waals surface area contributed by atoms with Crippen molar-refractivity contribution in [3.05, 3.63) is 59.7 Å². The summed E-state index contributed by atoms with van der Waals surface area (Å²) in [5.74, 6) is -0.230. The number of aromatic nitrogens is 2. The van der Waals surface area contributed by atoms with E-state index in [0.29, 0.717) is 0 Å². The zero-order valence-corrected chi connectivity index (χ0v) is 7.97. The minimum Gasteiger partial charge on any atom is -0.207 e. The summed E-state index contributed by atoms with van der Waals surface area (Å²) in [5, 5.41) is 7.65. The van der Waals surface area contributed by atoms with Crippen LogP contribution in [0.25, 0.3) is 12.2 Å². The third-order valence-electron chi connectivity index (χ3n) is 1.91. The molecule has 15 heavy (non-hydrogen) atoms. The van der Waals surface area contributed by atoms with Gasteiger partial charge in [-0.2, -0.15) is 10.2 Å². The minimum atomic E-state index is -0.230. The fraction of sp³-hybridized carbons (Fsp3) is 0. The second-order valence-corrected chi connectivity index (χ2v) is 3.03. The third kappa shape index (κ3) is 2.71.